The number of nitrogens with zero attached hydrogens (tertiary/aromatic N) is 1. The van der Waals surface area contributed by atoms with Crippen molar-refractivity contribution in [3.05, 3.63) is 29.8 Å². The van der Waals surface area contributed by atoms with Crippen LogP contribution in [0.5, 0.6) is 5.75 Å². The van der Waals surface area contributed by atoms with Crippen molar-refractivity contribution < 1.29 is 4.74 Å². The lowest BCUT2D eigenvalue weighted by molar-refractivity contribution is 0.208. The standard InChI is InChI=1S/C16H28N2O/c1-6-12-18(4)13(3)16(17-7-2)14-8-10-15(19-5)11-9-14/h8-11,13,16-17H,6-7,12H2,1-5H3. The minimum absolute atomic E-state index is 0.354. The molecular formula is C16H28N2O. The number of methoxy groups -OCH3 is 1. The molecular weight excluding hydrogens is 236 g/mol. The zero-order valence-corrected chi connectivity index (χ0v) is 12.9. The second-order valence-corrected chi connectivity index (χ2v) is 5.03. The van der Waals surface area contributed by atoms with Crippen LogP contribution in [0.4, 0.5) is 0 Å². The first-order valence-corrected chi connectivity index (χ1v) is 7.21. The largest absolute Gasteiger partial charge is 0.497 e. The van der Waals surface area contributed by atoms with Gasteiger partial charge in [0, 0.05) is 12.1 Å². The van der Waals surface area contributed by atoms with E-state index in [2.05, 4.69) is 50.2 Å². The number of hydrogen-bond acceptors (Lipinski definition) is 3. The first-order chi connectivity index (χ1) is 9.13. The molecule has 3 heteroatoms. The highest BCUT2D eigenvalue weighted by Gasteiger charge is 2.21. The molecule has 19 heavy (non-hydrogen) atoms. The summed E-state index contributed by atoms with van der Waals surface area (Å²) in [7, 11) is 3.90. The zero-order chi connectivity index (χ0) is 14.3. The summed E-state index contributed by atoms with van der Waals surface area (Å²) in [4.78, 5) is 2.41. The third kappa shape index (κ3) is 4.51. The second kappa shape index (κ2) is 8.18. The van der Waals surface area contributed by atoms with Crippen LogP contribution in [0, 0.1) is 0 Å². The Morgan fingerprint density at radius 1 is 1.21 bits per heavy atom. The summed E-state index contributed by atoms with van der Waals surface area (Å²) in [5.41, 5.74) is 1.32. The van der Waals surface area contributed by atoms with Gasteiger partial charge in [-0.1, -0.05) is 26.0 Å². The maximum Gasteiger partial charge on any atom is 0.118 e. The summed E-state index contributed by atoms with van der Waals surface area (Å²) in [6.07, 6.45) is 1.18. The van der Waals surface area contributed by atoms with E-state index in [1.54, 1.807) is 7.11 Å². The molecule has 0 radical (unpaired) electrons. The normalized spacial score (nSPS) is 14.4. The van der Waals surface area contributed by atoms with E-state index >= 15 is 0 Å². The number of hydrogen-bond donors (Lipinski definition) is 1. The minimum Gasteiger partial charge on any atom is -0.497 e. The minimum atomic E-state index is 0.354. The Morgan fingerprint density at radius 2 is 1.84 bits per heavy atom. The molecule has 0 saturated heterocycles. The van der Waals surface area contributed by atoms with Gasteiger partial charge in [-0.05, 0) is 51.2 Å². The fourth-order valence-electron chi connectivity index (χ4n) is 2.41. The molecule has 1 aromatic rings. The van der Waals surface area contributed by atoms with Crippen LogP contribution in [0.15, 0.2) is 24.3 Å². The van der Waals surface area contributed by atoms with E-state index in [-0.39, 0.29) is 0 Å². The van der Waals surface area contributed by atoms with Gasteiger partial charge in [0.25, 0.3) is 0 Å². The molecule has 0 fully saturated rings. The molecule has 1 N–H and O–H groups in total. The molecule has 0 spiro atoms. The van der Waals surface area contributed by atoms with Crippen LogP contribution in [-0.4, -0.2) is 38.2 Å². The summed E-state index contributed by atoms with van der Waals surface area (Å²) < 4.78 is 5.22. The van der Waals surface area contributed by atoms with E-state index in [4.69, 9.17) is 4.74 Å². The van der Waals surface area contributed by atoms with Gasteiger partial charge >= 0.3 is 0 Å². The summed E-state index contributed by atoms with van der Waals surface area (Å²) in [5.74, 6) is 0.911. The van der Waals surface area contributed by atoms with Gasteiger partial charge in [-0.15, -0.1) is 0 Å². The Morgan fingerprint density at radius 3 is 2.32 bits per heavy atom. The highest BCUT2D eigenvalue weighted by molar-refractivity contribution is 5.29. The number of nitrogens with one attached hydrogen (secondary N) is 1. The zero-order valence-electron chi connectivity index (χ0n) is 12.9. The second-order valence-electron chi connectivity index (χ2n) is 5.03. The van der Waals surface area contributed by atoms with E-state index in [0.29, 0.717) is 12.1 Å². The van der Waals surface area contributed by atoms with E-state index in [0.717, 1.165) is 18.8 Å². The predicted molar refractivity (Wildman–Crippen MR) is 81.8 cm³/mol. The van der Waals surface area contributed by atoms with Crippen molar-refractivity contribution in [3.8, 4) is 5.75 Å². The SMILES string of the molecule is CCCN(C)C(C)C(NCC)c1ccc(OC)cc1. The van der Waals surface area contributed by atoms with Gasteiger partial charge in [0.05, 0.1) is 7.11 Å². The van der Waals surface area contributed by atoms with E-state index in [1.807, 2.05) is 12.1 Å². The molecule has 0 aliphatic heterocycles. The molecule has 3 nitrogen and oxygen atoms in total. The number of benzene rings is 1. The van der Waals surface area contributed by atoms with Crippen LogP contribution in [0.25, 0.3) is 0 Å². The van der Waals surface area contributed by atoms with Gasteiger partial charge < -0.3 is 15.0 Å². The highest BCUT2D eigenvalue weighted by Crippen LogP contribution is 2.23. The van der Waals surface area contributed by atoms with Crippen molar-refractivity contribution in [1.29, 1.82) is 0 Å². The summed E-state index contributed by atoms with van der Waals surface area (Å²) in [6.45, 7) is 8.76. The lowest BCUT2D eigenvalue weighted by atomic mass is 9.99. The topological polar surface area (TPSA) is 24.5 Å². The molecule has 1 rings (SSSR count). The van der Waals surface area contributed by atoms with Crippen molar-refractivity contribution >= 4 is 0 Å². The molecule has 0 amide bonds. The van der Waals surface area contributed by atoms with Crippen LogP contribution < -0.4 is 10.1 Å². The average Bonchev–Trinajstić information content (AvgIpc) is 2.44. The maximum absolute atomic E-state index is 5.22. The van der Waals surface area contributed by atoms with Crippen molar-refractivity contribution in [3.63, 3.8) is 0 Å². The van der Waals surface area contributed by atoms with E-state index in [9.17, 15) is 0 Å². The molecule has 0 aliphatic carbocycles. The fourth-order valence-corrected chi connectivity index (χ4v) is 2.41. The Hall–Kier alpha value is -1.06. The Labute approximate surface area is 118 Å². The molecule has 0 aromatic heterocycles. The Bertz CT molecular complexity index is 350. The highest BCUT2D eigenvalue weighted by atomic mass is 16.5. The third-order valence-electron chi connectivity index (χ3n) is 3.65. The van der Waals surface area contributed by atoms with Crippen molar-refractivity contribution in [1.82, 2.24) is 10.2 Å². The first-order valence-electron chi connectivity index (χ1n) is 7.21. The molecule has 0 bridgehead atoms. The molecule has 2 unspecified atom stereocenters. The van der Waals surface area contributed by atoms with E-state index < -0.39 is 0 Å². The Kier molecular flexibility index (Phi) is 6.89. The third-order valence-corrected chi connectivity index (χ3v) is 3.65. The van der Waals surface area contributed by atoms with Crippen LogP contribution >= 0.6 is 0 Å². The van der Waals surface area contributed by atoms with Gasteiger partial charge in [-0.2, -0.15) is 0 Å². The molecule has 0 saturated carbocycles. The van der Waals surface area contributed by atoms with Gasteiger partial charge in [0.15, 0.2) is 0 Å². The quantitative estimate of drug-likeness (QED) is 0.781. The van der Waals surface area contributed by atoms with Gasteiger partial charge in [0.1, 0.15) is 5.75 Å². The monoisotopic (exact) mass is 264 g/mol. The molecule has 0 aliphatic rings. The lowest BCUT2D eigenvalue weighted by Crippen LogP contribution is -2.41. The van der Waals surface area contributed by atoms with Crippen molar-refractivity contribution in [2.75, 3.05) is 27.2 Å². The van der Waals surface area contributed by atoms with Gasteiger partial charge in [-0.3, -0.25) is 0 Å². The maximum atomic E-state index is 5.22. The van der Waals surface area contributed by atoms with Crippen LogP contribution in [0.3, 0.4) is 0 Å². The Balaban J connectivity index is 2.85. The lowest BCUT2D eigenvalue weighted by Gasteiger charge is -2.32. The molecule has 2 atom stereocenters. The molecule has 108 valence electrons. The molecule has 0 heterocycles. The number of ether oxygens (including phenoxy) is 1. The van der Waals surface area contributed by atoms with Crippen molar-refractivity contribution in [2.45, 2.75) is 39.3 Å². The van der Waals surface area contributed by atoms with Gasteiger partial charge in [-0.25, -0.2) is 0 Å². The smallest absolute Gasteiger partial charge is 0.118 e. The number of likely N-dealkylation sites (N-methyl/N-ethyl adjacent to an activating group) is 2. The average molecular weight is 264 g/mol. The predicted octanol–water partition coefficient (Wildman–Crippen LogP) is 3.08. The van der Waals surface area contributed by atoms with E-state index in [1.165, 1.54) is 12.0 Å². The van der Waals surface area contributed by atoms with Crippen LogP contribution in [-0.2, 0) is 0 Å². The molecule has 1 aromatic carbocycles. The first kappa shape index (κ1) is 16.0. The van der Waals surface area contributed by atoms with Crippen LogP contribution in [0.1, 0.15) is 38.8 Å². The summed E-state index contributed by atoms with van der Waals surface area (Å²) >= 11 is 0. The summed E-state index contributed by atoms with van der Waals surface area (Å²) in [5, 5.41) is 3.59. The van der Waals surface area contributed by atoms with Crippen LogP contribution in [0.2, 0.25) is 0 Å². The van der Waals surface area contributed by atoms with Gasteiger partial charge in [0.2, 0.25) is 0 Å². The van der Waals surface area contributed by atoms with Crippen molar-refractivity contribution in [2.24, 2.45) is 0 Å². The number of rotatable bonds is 8. The fraction of sp³-hybridized carbons (Fsp3) is 0.625. The summed E-state index contributed by atoms with van der Waals surface area (Å²) in [6, 6.07) is 9.20.